The fourth-order valence-corrected chi connectivity index (χ4v) is 5.37. The standard InChI is InChI=1S/C29H32N2O6S/c1-6-34-21-13-10-19(11-14-21)16-24-27(32)31-26(20-12-15-22(35-7-2)23(17-20)36-8-3)25(28(33)37-9-4)18(5)30-29(31)38-24/h10-17,26H,6-9H2,1-5H3/b24-16-/t26-/m1/s1. The lowest BCUT2D eigenvalue weighted by Crippen LogP contribution is -2.40. The molecule has 38 heavy (non-hydrogen) atoms. The fourth-order valence-electron chi connectivity index (χ4n) is 4.32. The molecule has 9 heteroatoms. The second-order valence-corrected chi connectivity index (χ2v) is 9.39. The second-order valence-electron chi connectivity index (χ2n) is 8.38. The number of thiazole rings is 1. The van der Waals surface area contributed by atoms with Gasteiger partial charge >= 0.3 is 5.97 Å². The number of hydrogen-bond donors (Lipinski definition) is 0. The van der Waals surface area contributed by atoms with Crippen LogP contribution in [0.1, 0.15) is 51.8 Å². The average molecular weight is 537 g/mol. The van der Waals surface area contributed by atoms with Crippen molar-refractivity contribution in [2.75, 3.05) is 26.4 Å². The summed E-state index contributed by atoms with van der Waals surface area (Å²) in [6.45, 7) is 10.9. The van der Waals surface area contributed by atoms with Gasteiger partial charge in [0.05, 0.1) is 48.3 Å². The molecule has 0 radical (unpaired) electrons. The molecule has 1 aliphatic heterocycles. The number of ether oxygens (including phenoxy) is 4. The summed E-state index contributed by atoms with van der Waals surface area (Å²) in [4.78, 5) is 32.1. The summed E-state index contributed by atoms with van der Waals surface area (Å²) in [5.41, 5.74) is 2.14. The third-order valence-corrected chi connectivity index (χ3v) is 6.87. The van der Waals surface area contributed by atoms with Crippen LogP contribution in [0.2, 0.25) is 0 Å². The third kappa shape index (κ3) is 5.52. The van der Waals surface area contributed by atoms with Crippen LogP contribution in [0.3, 0.4) is 0 Å². The highest BCUT2D eigenvalue weighted by Gasteiger charge is 2.34. The van der Waals surface area contributed by atoms with Crippen LogP contribution in [-0.2, 0) is 9.53 Å². The van der Waals surface area contributed by atoms with Gasteiger partial charge in [0.1, 0.15) is 5.75 Å². The van der Waals surface area contributed by atoms with Crippen molar-refractivity contribution < 1.29 is 23.7 Å². The zero-order valence-corrected chi connectivity index (χ0v) is 23.1. The van der Waals surface area contributed by atoms with Crippen molar-refractivity contribution in [1.29, 1.82) is 0 Å². The summed E-state index contributed by atoms with van der Waals surface area (Å²) in [6.07, 6.45) is 1.82. The van der Waals surface area contributed by atoms with Crippen molar-refractivity contribution in [2.45, 2.75) is 40.7 Å². The molecular weight excluding hydrogens is 504 g/mol. The molecule has 0 spiro atoms. The highest BCUT2D eigenvalue weighted by atomic mass is 32.1. The Balaban J connectivity index is 1.90. The highest BCUT2D eigenvalue weighted by molar-refractivity contribution is 7.07. The summed E-state index contributed by atoms with van der Waals surface area (Å²) in [7, 11) is 0. The number of aromatic nitrogens is 1. The SMILES string of the molecule is CCOC(=O)C1=C(C)N=c2s/c(=C\c3ccc(OCC)cc3)c(=O)n2[C@@H]1c1ccc(OCC)c(OCC)c1. The molecule has 8 nitrogen and oxygen atoms in total. The molecule has 1 atom stereocenters. The van der Waals surface area contributed by atoms with E-state index in [1.54, 1.807) is 24.5 Å². The number of esters is 1. The molecule has 0 amide bonds. The monoisotopic (exact) mass is 536 g/mol. The van der Waals surface area contributed by atoms with Gasteiger partial charge in [0.2, 0.25) is 0 Å². The van der Waals surface area contributed by atoms with E-state index in [1.807, 2.05) is 63.2 Å². The summed E-state index contributed by atoms with van der Waals surface area (Å²) >= 11 is 1.28. The number of benzene rings is 2. The maximum Gasteiger partial charge on any atom is 0.338 e. The Hall–Kier alpha value is -3.85. The topological polar surface area (TPSA) is 88.4 Å². The van der Waals surface area contributed by atoms with E-state index >= 15 is 0 Å². The molecule has 0 saturated heterocycles. The Kier molecular flexibility index (Phi) is 8.68. The molecule has 1 aromatic heterocycles. The van der Waals surface area contributed by atoms with Gasteiger partial charge in [0, 0.05) is 0 Å². The lowest BCUT2D eigenvalue weighted by Gasteiger charge is -2.25. The van der Waals surface area contributed by atoms with Crippen molar-refractivity contribution >= 4 is 23.4 Å². The van der Waals surface area contributed by atoms with Crippen LogP contribution in [0.25, 0.3) is 6.08 Å². The number of carbonyl (C=O) groups is 1. The van der Waals surface area contributed by atoms with Crippen LogP contribution in [0.4, 0.5) is 0 Å². The smallest absolute Gasteiger partial charge is 0.338 e. The van der Waals surface area contributed by atoms with Crippen LogP contribution in [0, 0.1) is 0 Å². The van der Waals surface area contributed by atoms with Crippen LogP contribution in [0.5, 0.6) is 17.2 Å². The molecular formula is C29H32N2O6S. The van der Waals surface area contributed by atoms with Crippen molar-refractivity contribution in [3.63, 3.8) is 0 Å². The molecule has 1 aliphatic rings. The molecule has 0 fully saturated rings. The molecule has 0 bridgehead atoms. The van der Waals surface area contributed by atoms with Crippen molar-refractivity contribution in [2.24, 2.45) is 4.99 Å². The average Bonchev–Trinajstić information content (AvgIpc) is 3.20. The number of nitrogens with zero attached hydrogens (tertiary/aromatic N) is 2. The quantitative estimate of drug-likeness (QED) is 0.364. The molecule has 200 valence electrons. The van der Waals surface area contributed by atoms with Crippen LogP contribution >= 0.6 is 11.3 Å². The van der Waals surface area contributed by atoms with E-state index < -0.39 is 12.0 Å². The second kappa shape index (κ2) is 12.1. The first-order valence-electron chi connectivity index (χ1n) is 12.7. The Morgan fingerprint density at radius 3 is 2.29 bits per heavy atom. The first-order valence-corrected chi connectivity index (χ1v) is 13.5. The minimum atomic E-state index is -0.734. The number of fused-ring (bicyclic) bond motifs is 1. The van der Waals surface area contributed by atoms with Gasteiger partial charge < -0.3 is 18.9 Å². The minimum absolute atomic E-state index is 0.206. The van der Waals surface area contributed by atoms with E-state index in [4.69, 9.17) is 18.9 Å². The third-order valence-electron chi connectivity index (χ3n) is 5.89. The molecule has 3 aromatic rings. The predicted octanol–water partition coefficient (Wildman–Crippen LogP) is 3.99. The molecule has 4 rings (SSSR count). The first kappa shape index (κ1) is 27.2. The Labute approximate surface area is 225 Å². The Morgan fingerprint density at radius 2 is 1.63 bits per heavy atom. The summed E-state index contributed by atoms with van der Waals surface area (Å²) in [5, 5.41) is 0. The normalized spacial score (nSPS) is 15.1. The van der Waals surface area contributed by atoms with Gasteiger partial charge in [-0.05, 0) is 76.1 Å². The van der Waals surface area contributed by atoms with Crippen molar-refractivity contribution in [3.8, 4) is 17.2 Å². The Bertz CT molecular complexity index is 1520. The summed E-state index contributed by atoms with van der Waals surface area (Å²) in [6, 6.07) is 12.3. The van der Waals surface area contributed by atoms with Crippen LogP contribution < -0.4 is 29.1 Å². The molecule has 0 N–H and O–H groups in total. The maximum absolute atomic E-state index is 13.8. The highest BCUT2D eigenvalue weighted by Crippen LogP contribution is 2.36. The zero-order chi connectivity index (χ0) is 27.2. The fraction of sp³-hybridized carbons (Fsp3) is 0.345. The number of rotatable bonds is 10. The number of carbonyl (C=O) groups excluding carboxylic acids is 1. The molecule has 2 aromatic carbocycles. The maximum atomic E-state index is 13.8. The Morgan fingerprint density at radius 1 is 0.947 bits per heavy atom. The van der Waals surface area contributed by atoms with Gasteiger partial charge in [0.15, 0.2) is 16.3 Å². The first-order chi connectivity index (χ1) is 18.4. The van der Waals surface area contributed by atoms with Crippen LogP contribution in [0.15, 0.2) is 63.5 Å². The van der Waals surface area contributed by atoms with Gasteiger partial charge in [-0.3, -0.25) is 9.36 Å². The van der Waals surface area contributed by atoms with Gasteiger partial charge in [-0.25, -0.2) is 9.79 Å². The number of allylic oxidation sites excluding steroid dienone is 1. The van der Waals surface area contributed by atoms with E-state index in [-0.39, 0.29) is 12.2 Å². The van der Waals surface area contributed by atoms with E-state index in [9.17, 15) is 9.59 Å². The number of hydrogen-bond acceptors (Lipinski definition) is 8. The van der Waals surface area contributed by atoms with Crippen molar-refractivity contribution in [3.05, 3.63) is 84.5 Å². The summed E-state index contributed by atoms with van der Waals surface area (Å²) in [5.74, 6) is 1.40. The molecule has 2 heterocycles. The van der Waals surface area contributed by atoms with E-state index in [1.165, 1.54) is 11.3 Å². The van der Waals surface area contributed by atoms with Gasteiger partial charge in [-0.1, -0.05) is 29.5 Å². The van der Waals surface area contributed by atoms with Gasteiger partial charge in [-0.2, -0.15) is 0 Å². The lowest BCUT2D eigenvalue weighted by atomic mass is 9.95. The van der Waals surface area contributed by atoms with Crippen molar-refractivity contribution in [1.82, 2.24) is 4.57 Å². The molecule has 0 aliphatic carbocycles. The summed E-state index contributed by atoms with van der Waals surface area (Å²) < 4.78 is 24.5. The lowest BCUT2D eigenvalue weighted by molar-refractivity contribution is -0.139. The van der Waals surface area contributed by atoms with Crippen LogP contribution in [-0.4, -0.2) is 37.0 Å². The van der Waals surface area contributed by atoms with E-state index in [0.717, 1.165) is 11.3 Å². The largest absolute Gasteiger partial charge is 0.494 e. The molecule has 0 unspecified atom stereocenters. The zero-order valence-electron chi connectivity index (χ0n) is 22.3. The van der Waals surface area contributed by atoms with E-state index in [0.29, 0.717) is 57.5 Å². The predicted molar refractivity (Wildman–Crippen MR) is 147 cm³/mol. The molecule has 0 saturated carbocycles. The van der Waals surface area contributed by atoms with Gasteiger partial charge in [0.25, 0.3) is 5.56 Å². The minimum Gasteiger partial charge on any atom is -0.494 e. The van der Waals surface area contributed by atoms with Gasteiger partial charge in [-0.15, -0.1) is 0 Å². The van der Waals surface area contributed by atoms with E-state index in [2.05, 4.69) is 4.99 Å².